The van der Waals surface area contributed by atoms with Gasteiger partial charge in [-0.1, -0.05) is 30.3 Å². The molecule has 1 aliphatic rings. The SMILES string of the molecule is COC(=O)C1(OC)CCN(Cc2ccccc2)C1. The Morgan fingerprint density at radius 3 is 2.67 bits per heavy atom. The lowest BCUT2D eigenvalue weighted by Crippen LogP contribution is -2.44. The molecule has 18 heavy (non-hydrogen) atoms. The van der Waals surface area contributed by atoms with Crippen molar-refractivity contribution in [1.29, 1.82) is 0 Å². The average molecular weight is 249 g/mol. The van der Waals surface area contributed by atoms with E-state index < -0.39 is 5.60 Å². The van der Waals surface area contributed by atoms with Gasteiger partial charge in [0.05, 0.1) is 7.11 Å². The summed E-state index contributed by atoms with van der Waals surface area (Å²) in [7, 11) is 2.98. The number of hydrogen-bond donors (Lipinski definition) is 0. The van der Waals surface area contributed by atoms with Gasteiger partial charge in [0, 0.05) is 33.2 Å². The second-order valence-electron chi connectivity index (χ2n) is 4.64. The van der Waals surface area contributed by atoms with Crippen molar-refractivity contribution in [1.82, 2.24) is 4.90 Å². The third kappa shape index (κ3) is 2.54. The normalized spacial score (nSPS) is 24.1. The molecule has 1 unspecified atom stereocenters. The van der Waals surface area contributed by atoms with Crippen LogP contribution >= 0.6 is 0 Å². The molecule has 0 aliphatic carbocycles. The van der Waals surface area contributed by atoms with Gasteiger partial charge in [-0.15, -0.1) is 0 Å². The molecule has 1 aliphatic heterocycles. The molecule has 4 nitrogen and oxygen atoms in total. The molecule has 1 heterocycles. The first-order chi connectivity index (χ1) is 8.70. The van der Waals surface area contributed by atoms with Crippen molar-refractivity contribution in [2.75, 3.05) is 27.3 Å². The van der Waals surface area contributed by atoms with Crippen molar-refractivity contribution < 1.29 is 14.3 Å². The maximum atomic E-state index is 11.8. The van der Waals surface area contributed by atoms with Crippen LogP contribution in [0.1, 0.15) is 12.0 Å². The molecule has 0 saturated carbocycles. The molecule has 1 aromatic carbocycles. The number of carbonyl (C=O) groups is 1. The quantitative estimate of drug-likeness (QED) is 0.757. The van der Waals surface area contributed by atoms with Crippen molar-refractivity contribution in [2.45, 2.75) is 18.6 Å². The Balaban J connectivity index is 2.01. The van der Waals surface area contributed by atoms with Crippen LogP contribution < -0.4 is 0 Å². The number of ether oxygens (including phenoxy) is 2. The molecule has 0 spiro atoms. The minimum Gasteiger partial charge on any atom is -0.467 e. The van der Waals surface area contributed by atoms with Crippen LogP contribution in [0.5, 0.6) is 0 Å². The third-order valence-electron chi connectivity index (χ3n) is 3.51. The first kappa shape index (κ1) is 13.1. The van der Waals surface area contributed by atoms with Gasteiger partial charge in [-0.3, -0.25) is 4.90 Å². The first-order valence-electron chi connectivity index (χ1n) is 6.10. The first-order valence-corrected chi connectivity index (χ1v) is 6.10. The standard InChI is InChI=1S/C14H19NO3/c1-17-13(16)14(18-2)8-9-15(11-14)10-12-6-4-3-5-7-12/h3-7H,8-11H2,1-2H3. The van der Waals surface area contributed by atoms with E-state index in [1.165, 1.54) is 12.7 Å². The maximum absolute atomic E-state index is 11.8. The molecule has 0 aromatic heterocycles. The summed E-state index contributed by atoms with van der Waals surface area (Å²) in [5.74, 6) is -0.277. The van der Waals surface area contributed by atoms with Crippen LogP contribution in [0.2, 0.25) is 0 Å². The summed E-state index contributed by atoms with van der Waals surface area (Å²) in [6.45, 7) is 2.27. The Kier molecular flexibility index (Phi) is 3.99. The zero-order valence-corrected chi connectivity index (χ0v) is 10.9. The fourth-order valence-corrected chi connectivity index (χ4v) is 2.44. The maximum Gasteiger partial charge on any atom is 0.339 e. The van der Waals surface area contributed by atoms with Crippen LogP contribution in [0.4, 0.5) is 0 Å². The van der Waals surface area contributed by atoms with E-state index in [0.29, 0.717) is 13.0 Å². The summed E-state index contributed by atoms with van der Waals surface area (Å²) in [4.78, 5) is 14.0. The molecule has 4 heteroatoms. The molecule has 0 bridgehead atoms. The Morgan fingerprint density at radius 2 is 2.06 bits per heavy atom. The number of hydrogen-bond acceptors (Lipinski definition) is 4. The molecule has 1 aromatic rings. The van der Waals surface area contributed by atoms with Gasteiger partial charge in [-0.05, 0) is 5.56 Å². The van der Waals surface area contributed by atoms with Crippen molar-refractivity contribution in [3.63, 3.8) is 0 Å². The summed E-state index contributed by atoms with van der Waals surface area (Å²) in [5.41, 5.74) is 0.457. The van der Waals surface area contributed by atoms with E-state index in [1.54, 1.807) is 7.11 Å². The highest BCUT2D eigenvalue weighted by Gasteiger charge is 2.45. The second kappa shape index (κ2) is 5.50. The minimum atomic E-state index is -0.788. The van der Waals surface area contributed by atoms with Crippen LogP contribution in [0, 0.1) is 0 Å². The van der Waals surface area contributed by atoms with Crippen LogP contribution in [0.25, 0.3) is 0 Å². The third-order valence-corrected chi connectivity index (χ3v) is 3.51. The lowest BCUT2D eigenvalue weighted by atomic mass is 10.0. The average Bonchev–Trinajstić information content (AvgIpc) is 2.83. The fraction of sp³-hybridized carbons (Fsp3) is 0.500. The highest BCUT2D eigenvalue weighted by molar-refractivity contribution is 5.80. The Hall–Kier alpha value is -1.39. The lowest BCUT2D eigenvalue weighted by molar-refractivity contribution is -0.164. The Morgan fingerprint density at radius 1 is 1.33 bits per heavy atom. The van der Waals surface area contributed by atoms with Gasteiger partial charge in [0.15, 0.2) is 5.60 Å². The van der Waals surface area contributed by atoms with Crippen LogP contribution in [-0.4, -0.2) is 43.8 Å². The molecule has 0 radical (unpaired) electrons. The van der Waals surface area contributed by atoms with Gasteiger partial charge in [-0.2, -0.15) is 0 Å². The predicted octanol–water partition coefficient (Wildman–Crippen LogP) is 1.45. The van der Waals surface area contributed by atoms with Crippen LogP contribution in [0.3, 0.4) is 0 Å². The molecule has 0 amide bonds. The van der Waals surface area contributed by atoms with Crippen molar-refractivity contribution in [3.05, 3.63) is 35.9 Å². The number of esters is 1. The molecular formula is C14H19NO3. The minimum absolute atomic E-state index is 0.277. The molecular weight excluding hydrogens is 230 g/mol. The van der Waals surface area contributed by atoms with Crippen molar-refractivity contribution in [3.8, 4) is 0 Å². The number of likely N-dealkylation sites (tertiary alicyclic amines) is 1. The number of carbonyl (C=O) groups excluding carboxylic acids is 1. The van der Waals surface area contributed by atoms with Gasteiger partial charge in [0.25, 0.3) is 0 Å². The van der Waals surface area contributed by atoms with E-state index in [9.17, 15) is 4.79 Å². The number of methoxy groups -OCH3 is 2. The van der Waals surface area contributed by atoms with E-state index in [1.807, 2.05) is 18.2 Å². The second-order valence-corrected chi connectivity index (χ2v) is 4.64. The van der Waals surface area contributed by atoms with E-state index >= 15 is 0 Å². The van der Waals surface area contributed by atoms with Crippen LogP contribution in [-0.2, 0) is 20.8 Å². The summed E-state index contributed by atoms with van der Waals surface area (Å²) >= 11 is 0. The molecule has 1 saturated heterocycles. The number of nitrogens with zero attached hydrogens (tertiary/aromatic N) is 1. The smallest absolute Gasteiger partial charge is 0.339 e. The Bertz CT molecular complexity index is 407. The van der Waals surface area contributed by atoms with E-state index in [0.717, 1.165) is 13.1 Å². The van der Waals surface area contributed by atoms with Gasteiger partial charge in [-0.25, -0.2) is 4.79 Å². The summed E-state index contributed by atoms with van der Waals surface area (Å²) in [6.07, 6.45) is 0.684. The zero-order valence-electron chi connectivity index (χ0n) is 10.9. The topological polar surface area (TPSA) is 38.8 Å². The largest absolute Gasteiger partial charge is 0.467 e. The van der Waals surface area contributed by atoms with Crippen molar-refractivity contribution >= 4 is 5.97 Å². The van der Waals surface area contributed by atoms with Gasteiger partial charge < -0.3 is 9.47 Å². The predicted molar refractivity (Wildman–Crippen MR) is 68.1 cm³/mol. The summed E-state index contributed by atoms with van der Waals surface area (Å²) in [5, 5.41) is 0. The zero-order chi connectivity index (χ0) is 13.0. The summed E-state index contributed by atoms with van der Waals surface area (Å²) < 4.78 is 10.2. The Labute approximate surface area is 107 Å². The molecule has 1 atom stereocenters. The highest BCUT2D eigenvalue weighted by Crippen LogP contribution is 2.27. The summed E-state index contributed by atoms with van der Waals surface area (Å²) in [6, 6.07) is 10.2. The molecule has 2 rings (SSSR count). The molecule has 1 fully saturated rings. The monoisotopic (exact) mass is 249 g/mol. The van der Waals surface area contributed by atoms with Gasteiger partial charge >= 0.3 is 5.97 Å². The van der Waals surface area contributed by atoms with Crippen LogP contribution in [0.15, 0.2) is 30.3 Å². The fourth-order valence-electron chi connectivity index (χ4n) is 2.44. The molecule has 0 N–H and O–H groups in total. The van der Waals surface area contributed by atoms with Gasteiger partial charge in [0.2, 0.25) is 0 Å². The highest BCUT2D eigenvalue weighted by atomic mass is 16.6. The van der Waals surface area contributed by atoms with E-state index in [4.69, 9.17) is 9.47 Å². The number of benzene rings is 1. The van der Waals surface area contributed by atoms with Crippen molar-refractivity contribution in [2.24, 2.45) is 0 Å². The molecule has 98 valence electrons. The lowest BCUT2D eigenvalue weighted by Gasteiger charge is -2.24. The number of rotatable bonds is 4. The van der Waals surface area contributed by atoms with E-state index in [2.05, 4.69) is 17.0 Å². The van der Waals surface area contributed by atoms with E-state index in [-0.39, 0.29) is 5.97 Å². The van der Waals surface area contributed by atoms with Gasteiger partial charge in [0.1, 0.15) is 0 Å².